The van der Waals surface area contributed by atoms with Crippen molar-refractivity contribution in [3.63, 3.8) is 0 Å². The van der Waals surface area contributed by atoms with E-state index in [-0.39, 0.29) is 0 Å². The molecule has 2 N–H and O–H groups in total. The second-order valence-electron chi connectivity index (χ2n) is 4.53. The highest BCUT2D eigenvalue weighted by Gasteiger charge is 2.31. The molecule has 2 fully saturated rings. The Morgan fingerprint density at radius 1 is 1.60 bits per heavy atom. The molecule has 0 radical (unpaired) electrons. The van der Waals surface area contributed by atoms with E-state index in [2.05, 4.69) is 23.6 Å². The van der Waals surface area contributed by atoms with Crippen LogP contribution in [0.25, 0.3) is 0 Å². The third-order valence-electron chi connectivity index (χ3n) is 3.38. The minimum Gasteiger partial charge on any atom is -0.377 e. The normalized spacial score (nSPS) is 35.6. The third kappa shape index (κ3) is 2.87. The van der Waals surface area contributed by atoms with Gasteiger partial charge in [-0.15, -0.1) is 0 Å². The van der Waals surface area contributed by atoms with Gasteiger partial charge in [-0.25, -0.2) is 0 Å². The Morgan fingerprint density at radius 2 is 2.47 bits per heavy atom. The SMILES string of the molecule is CC1CN(C(CN)C2CCCO2)CCS1. The molecule has 0 aromatic carbocycles. The van der Waals surface area contributed by atoms with E-state index in [1.165, 1.54) is 31.7 Å². The van der Waals surface area contributed by atoms with Crippen LogP contribution in [0.2, 0.25) is 0 Å². The summed E-state index contributed by atoms with van der Waals surface area (Å²) in [5, 5.41) is 0.745. The topological polar surface area (TPSA) is 38.5 Å². The molecule has 0 spiro atoms. The van der Waals surface area contributed by atoms with Crippen LogP contribution < -0.4 is 5.73 Å². The van der Waals surface area contributed by atoms with Gasteiger partial charge in [0.05, 0.1) is 6.10 Å². The van der Waals surface area contributed by atoms with Crippen molar-refractivity contribution in [2.75, 3.05) is 32.0 Å². The fourth-order valence-corrected chi connectivity index (χ4v) is 3.63. The molecule has 88 valence electrons. The first-order valence-electron chi connectivity index (χ1n) is 5.98. The van der Waals surface area contributed by atoms with E-state index in [4.69, 9.17) is 10.5 Å². The summed E-state index contributed by atoms with van der Waals surface area (Å²) in [6.07, 6.45) is 2.80. The van der Waals surface area contributed by atoms with E-state index in [9.17, 15) is 0 Å². The van der Waals surface area contributed by atoms with Crippen molar-refractivity contribution >= 4 is 11.8 Å². The molecule has 15 heavy (non-hydrogen) atoms. The fourth-order valence-electron chi connectivity index (χ4n) is 2.59. The van der Waals surface area contributed by atoms with Crippen molar-refractivity contribution in [3.05, 3.63) is 0 Å². The zero-order valence-electron chi connectivity index (χ0n) is 9.52. The van der Waals surface area contributed by atoms with Crippen molar-refractivity contribution in [3.8, 4) is 0 Å². The Hall–Kier alpha value is 0.230. The molecule has 0 saturated carbocycles. The third-order valence-corrected chi connectivity index (χ3v) is 4.51. The van der Waals surface area contributed by atoms with E-state index in [1.54, 1.807) is 0 Å². The van der Waals surface area contributed by atoms with Crippen LogP contribution in [0.4, 0.5) is 0 Å². The lowest BCUT2D eigenvalue weighted by molar-refractivity contribution is 0.0289. The molecule has 3 atom stereocenters. The summed E-state index contributed by atoms with van der Waals surface area (Å²) in [6, 6.07) is 0.454. The molecule has 3 nitrogen and oxygen atoms in total. The first-order valence-corrected chi connectivity index (χ1v) is 7.03. The molecular weight excluding hydrogens is 208 g/mol. The average Bonchev–Trinajstić information content (AvgIpc) is 2.72. The minimum absolute atomic E-state index is 0.394. The highest BCUT2D eigenvalue weighted by Crippen LogP contribution is 2.24. The van der Waals surface area contributed by atoms with Crippen LogP contribution in [0, 0.1) is 0 Å². The molecule has 2 rings (SSSR count). The van der Waals surface area contributed by atoms with Gasteiger partial charge < -0.3 is 10.5 Å². The van der Waals surface area contributed by atoms with E-state index >= 15 is 0 Å². The number of hydrogen-bond donors (Lipinski definition) is 1. The molecule has 0 amide bonds. The summed E-state index contributed by atoms with van der Waals surface area (Å²) in [7, 11) is 0. The van der Waals surface area contributed by atoms with E-state index < -0.39 is 0 Å². The molecule has 3 unspecified atom stereocenters. The summed E-state index contributed by atoms with van der Waals surface area (Å²) in [4.78, 5) is 2.54. The van der Waals surface area contributed by atoms with Gasteiger partial charge in [-0.1, -0.05) is 6.92 Å². The summed E-state index contributed by atoms with van der Waals surface area (Å²) >= 11 is 2.07. The van der Waals surface area contributed by atoms with Crippen molar-refractivity contribution < 1.29 is 4.74 Å². The lowest BCUT2D eigenvalue weighted by atomic mass is 10.1. The van der Waals surface area contributed by atoms with Crippen molar-refractivity contribution in [2.24, 2.45) is 5.73 Å². The molecule has 4 heteroatoms. The number of nitrogens with zero attached hydrogens (tertiary/aromatic N) is 1. The van der Waals surface area contributed by atoms with Crippen molar-refractivity contribution in [1.82, 2.24) is 4.90 Å². The maximum Gasteiger partial charge on any atom is 0.0743 e. The predicted octanol–water partition coefficient (Wildman–Crippen LogP) is 0.930. The van der Waals surface area contributed by atoms with Crippen LogP contribution in [-0.2, 0) is 4.74 Å². The summed E-state index contributed by atoms with van der Waals surface area (Å²) in [5.41, 5.74) is 5.90. The van der Waals surface area contributed by atoms with Crippen molar-refractivity contribution in [2.45, 2.75) is 37.2 Å². The van der Waals surface area contributed by atoms with Gasteiger partial charge in [-0.05, 0) is 12.8 Å². The molecule has 2 aliphatic rings. The van der Waals surface area contributed by atoms with Crippen LogP contribution in [-0.4, -0.2) is 54.3 Å². The number of nitrogens with two attached hydrogens (primary N) is 1. The van der Waals surface area contributed by atoms with Gasteiger partial charge in [0.25, 0.3) is 0 Å². The maximum absolute atomic E-state index is 5.90. The van der Waals surface area contributed by atoms with Gasteiger partial charge in [0.2, 0.25) is 0 Å². The second kappa shape index (κ2) is 5.53. The van der Waals surface area contributed by atoms with Gasteiger partial charge in [-0.3, -0.25) is 4.90 Å². The molecular formula is C11H22N2OS. The van der Waals surface area contributed by atoms with Crippen LogP contribution in [0.1, 0.15) is 19.8 Å². The lowest BCUT2D eigenvalue weighted by Gasteiger charge is -2.38. The molecule has 0 aromatic rings. The first kappa shape index (κ1) is 11.7. The highest BCUT2D eigenvalue weighted by atomic mass is 32.2. The number of thioether (sulfide) groups is 1. The minimum atomic E-state index is 0.394. The number of ether oxygens (including phenoxy) is 1. The zero-order chi connectivity index (χ0) is 10.7. The monoisotopic (exact) mass is 230 g/mol. The van der Waals surface area contributed by atoms with Gasteiger partial charge in [-0.2, -0.15) is 11.8 Å². The standard InChI is InChI=1S/C11H22N2OS/c1-9-8-13(4-6-15-9)10(7-12)11-3-2-5-14-11/h9-11H,2-8,12H2,1H3. The largest absolute Gasteiger partial charge is 0.377 e. The maximum atomic E-state index is 5.90. The Labute approximate surface area is 96.7 Å². The molecule has 0 bridgehead atoms. The van der Waals surface area contributed by atoms with Crippen LogP contribution in [0.3, 0.4) is 0 Å². The van der Waals surface area contributed by atoms with Crippen LogP contribution in [0.15, 0.2) is 0 Å². The quantitative estimate of drug-likeness (QED) is 0.783. The Bertz CT molecular complexity index is 197. The van der Waals surface area contributed by atoms with Crippen molar-refractivity contribution in [1.29, 1.82) is 0 Å². The van der Waals surface area contributed by atoms with E-state index in [0.29, 0.717) is 12.1 Å². The van der Waals surface area contributed by atoms with Gasteiger partial charge >= 0.3 is 0 Å². The van der Waals surface area contributed by atoms with E-state index in [1.807, 2.05) is 0 Å². The number of rotatable bonds is 3. The fraction of sp³-hybridized carbons (Fsp3) is 1.00. The molecule has 2 saturated heterocycles. The summed E-state index contributed by atoms with van der Waals surface area (Å²) < 4.78 is 5.77. The first-order chi connectivity index (χ1) is 7.31. The summed E-state index contributed by atoms with van der Waals surface area (Å²) in [6.45, 7) is 6.32. The Balaban J connectivity index is 1.92. The average molecular weight is 230 g/mol. The smallest absolute Gasteiger partial charge is 0.0743 e. The van der Waals surface area contributed by atoms with Gasteiger partial charge in [0.1, 0.15) is 0 Å². The van der Waals surface area contributed by atoms with Crippen LogP contribution >= 0.6 is 11.8 Å². The van der Waals surface area contributed by atoms with Gasteiger partial charge in [0, 0.05) is 43.3 Å². The Morgan fingerprint density at radius 3 is 3.07 bits per heavy atom. The molecule has 0 aliphatic carbocycles. The highest BCUT2D eigenvalue weighted by molar-refractivity contribution is 7.99. The molecule has 0 aromatic heterocycles. The second-order valence-corrected chi connectivity index (χ2v) is 6.08. The molecule has 2 heterocycles. The Kier molecular flexibility index (Phi) is 4.31. The summed E-state index contributed by atoms with van der Waals surface area (Å²) in [5.74, 6) is 1.24. The van der Waals surface area contributed by atoms with Crippen LogP contribution in [0.5, 0.6) is 0 Å². The molecule has 2 aliphatic heterocycles. The lowest BCUT2D eigenvalue weighted by Crippen LogP contribution is -2.52. The van der Waals surface area contributed by atoms with Gasteiger partial charge in [0.15, 0.2) is 0 Å². The zero-order valence-corrected chi connectivity index (χ0v) is 10.3. The predicted molar refractivity (Wildman–Crippen MR) is 65.3 cm³/mol. The number of hydrogen-bond acceptors (Lipinski definition) is 4. The van der Waals surface area contributed by atoms with E-state index in [0.717, 1.165) is 18.4 Å².